The number of hydrogen-bond acceptors (Lipinski definition) is 1. The molecule has 1 aliphatic carbocycles. The van der Waals surface area contributed by atoms with Gasteiger partial charge in [-0.25, -0.2) is 0 Å². The Morgan fingerprint density at radius 2 is 2.00 bits per heavy atom. The lowest BCUT2D eigenvalue weighted by atomic mass is 9.99. The topological polar surface area (TPSA) is 9.23 Å². The van der Waals surface area contributed by atoms with Crippen molar-refractivity contribution in [3.05, 3.63) is 35.2 Å². The van der Waals surface area contributed by atoms with E-state index in [-0.39, 0.29) is 0 Å². The van der Waals surface area contributed by atoms with Crippen LogP contribution in [-0.2, 0) is 0 Å². The van der Waals surface area contributed by atoms with E-state index >= 15 is 0 Å². The second-order valence-corrected chi connectivity index (χ2v) is 4.23. The Morgan fingerprint density at radius 3 is 2.50 bits per heavy atom. The van der Waals surface area contributed by atoms with Crippen LogP contribution in [0, 0.1) is 5.92 Å². The summed E-state index contributed by atoms with van der Waals surface area (Å²) in [5, 5.41) is 0. The second-order valence-electron chi connectivity index (χ2n) is 4.23. The number of hydrogen-bond donors (Lipinski definition) is 0. The smallest absolute Gasteiger partial charge is 0.122 e. The van der Waals surface area contributed by atoms with Gasteiger partial charge in [0.2, 0.25) is 0 Å². The normalized spacial score (nSPS) is 16.0. The highest BCUT2D eigenvalue weighted by Crippen LogP contribution is 2.44. The van der Waals surface area contributed by atoms with Crippen LogP contribution in [0.4, 0.5) is 0 Å². The van der Waals surface area contributed by atoms with E-state index in [0.29, 0.717) is 0 Å². The molecule has 0 spiro atoms. The fourth-order valence-electron chi connectivity index (χ4n) is 1.75. The van der Waals surface area contributed by atoms with Gasteiger partial charge in [-0.05, 0) is 41.9 Å². The molecule has 0 unspecified atom stereocenters. The Kier molecular flexibility index (Phi) is 2.49. The standard InChI is InChI=1S/C13H17O/c1-9(2)11-6-7-12(10-4-5-10)13(8-11)14-3/h6-8,10H,4-5H2,1-3H3. The van der Waals surface area contributed by atoms with Crippen molar-refractivity contribution in [2.24, 2.45) is 0 Å². The third-order valence-electron chi connectivity index (χ3n) is 2.83. The molecule has 2 rings (SSSR count). The molecular weight excluding hydrogens is 172 g/mol. The van der Waals surface area contributed by atoms with Crippen LogP contribution in [-0.4, -0.2) is 7.11 Å². The molecule has 1 aromatic rings. The maximum Gasteiger partial charge on any atom is 0.122 e. The van der Waals surface area contributed by atoms with Crippen LogP contribution >= 0.6 is 0 Å². The summed E-state index contributed by atoms with van der Waals surface area (Å²) in [6.07, 6.45) is 2.65. The second kappa shape index (κ2) is 3.64. The summed E-state index contributed by atoms with van der Waals surface area (Å²) in [7, 11) is 1.76. The molecule has 1 aliphatic rings. The molecule has 0 aromatic heterocycles. The lowest BCUT2D eigenvalue weighted by Gasteiger charge is -2.11. The van der Waals surface area contributed by atoms with E-state index in [0.717, 1.165) is 11.7 Å². The molecule has 0 saturated heterocycles. The van der Waals surface area contributed by atoms with Crippen molar-refractivity contribution in [2.45, 2.75) is 32.6 Å². The number of rotatable bonds is 3. The minimum absolute atomic E-state index is 0.760. The first-order valence-corrected chi connectivity index (χ1v) is 5.21. The summed E-state index contributed by atoms with van der Waals surface area (Å²) in [5.74, 6) is 3.16. The van der Waals surface area contributed by atoms with Crippen molar-refractivity contribution >= 4 is 0 Å². The largest absolute Gasteiger partial charge is 0.496 e. The van der Waals surface area contributed by atoms with Crippen LogP contribution in [0.15, 0.2) is 18.2 Å². The summed E-state index contributed by atoms with van der Waals surface area (Å²) in [5.41, 5.74) is 2.67. The summed E-state index contributed by atoms with van der Waals surface area (Å²) < 4.78 is 5.42. The molecule has 1 saturated carbocycles. The maximum atomic E-state index is 5.42. The van der Waals surface area contributed by atoms with Gasteiger partial charge in [0.05, 0.1) is 7.11 Å². The predicted molar refractivity (Wildman–Crippen MR) is 58.7 cm³/mol. The zero-order valence-corrected chi connectivity index (χ0v) is 9.13. The Bertz CT molecular complexity index is 324. The van der Waals surface area contributed by atoms with Gasteiger partial charge in [0.1, 0.15) is 5.75 Å². The molecule has 1 fully saturated rings. The van der Waals surface area contributed by atoms with Gasteiger partial charge in [-0.3, -0.25) is 0 Å². The Balaban J connectivity index is 2.34. The average molecular weight is 189 g/mol. The maximum absolute atomic E-state index is 5.42. The zero-order valence-electron chi connectivity index (χ0n) is 9.13. The van der Waals surface area contributed by atoms with Crippen LogP contribution < -0.4 is 4.74 Å². The molecule has 14 heavy (non-hydrogen) atoms. The van der Waals surface area contributed by atoms with Crippen molar-refractivity contribution in [3.63, 3.8) is 0 Å². The van der Waals surface area contributed by atoms with E-state index in [9.17, 15) is 0 Å². The van der Waals surface area contributed by atoms with E-state index in [1.807, 2.05) is 0 Å². The molecule has 1 nitrogen and oxygen atoms in total. The summed E-state index contributed by atoms with van der Waals surface area (Å²) >= 11 is 0. The van der Waals surface area contributed by atoms with Crippen molar-refractivity contribution in [3.8, 4) is 5.75 Å². The van der Waals surface area contributed by atoms with Gasteiger partial charge in [0.15, 0.2) is 0 Å². The third kappa shape index (κ3) is 1.77. The van der Waals surface area contributed by atoms with E-state index in [4.69, 9.17) is 4.74 Å². The molecule has 0 heterocycles. The monoisotopic (exact) mass is 189 g/mol. The zero-order chi connectivity index (χ0) is 10.1. The molecule has 1 aromatic carbocycles. The molecule has 0 N–H and O–H groups in total. The molecular formula is C13H17O. The Morgan fingerprint density at radius 1 is 1.29 bits per heavy atom. The minimum atomic E-state index is 0.760. The Hall–Kier alpha value is -0.980. The van der Waals surface area contributed by atoms with Crippen molar-refractivity contribution in [2.75, 3.05) is 7.11 Å². The summed E-state index contributed by atoms with van der Waals surface area (Å²) in [6.45, 7) is 4.26. The fourth-order valence-corrected chi connectivity index (χ4v) is 1.75. The van der Waals surface area contributed by atoms with Crippen LogP contribution in [0.25, 0.3) is 0 Å². The van der Waals surface area contributed by atoms with Crippen LogP contribution in [0.3, 0.4) is 0 Å². The van der Waals surface area contributed by atoms with Gasteiger partial charge in [-0.2, -0.15) is 0 Å². The molecule has 0 bridgehead atoms. The van der Waals surface area contributed by atoms with Gasteiger partial charge in [-0.15, -0.1) is 0 Å². The first kappa shape index (κ1) is 9.57. The number of methoxy groups -OCH3 is 1. The molecule has 1 heteroatoms. The van der Waals surface area contributed by atoms with Gasteiger partial charge in [-0.1, -0.05) is 26.0 Å². The lowest BCUT2D eigenvalue weighted by Crippen LogP contribution is -1.94. The van der Waals surface area contributed by atoms with Crippen LogP contribution in [0.1, 0.15) is 43.7 Å². The van der Waals surface area contributed by atoms with Gasteiger partial charge < -0.3 is 4.74 Å². The highest BCUT2D eigenvalue weighted by Gasteiger charge is 2.26. The SMILES string of the molecule is COc1cc([C](C)C)ccc1C1CC1. The van der Waals surface area contributed by atoms with Crippen LogP contribution in [0.2, 0.25) is 0 Å². The molecule has 0 aliphatic heterocycles. The highest BCUT2D eigenvalue weighted by atomic mass is 16.5. The van der Waals surface area contributed by atoms with E-state index in [2.05, 4.69) is 32.0 Å². The lowest BCUT2D eigenvalue weighted by molar-refractivity contribution is 0.409. The van der Waals surface area contributed by atoms with Crippen molar-refractivity contribution in [1.82, 2.24) is 0 Å². The van der Waals surface area contributed by atoms with E-state index in [1.54, 1.807) is 7.11 Å². The number of benzene rings is 1. The highest BCUT2D eigenvalue weighted by molar-refractivity contribution is 5.45. The average Bonchev–Trinajstić information content (AvgIpc) is 3.00. The van der Waals surface area contributed by atoms with Gasteiger partial charge >= 0.3 is 0 Å². The summed E-state index contributed by atoms with van der Waals surface area (Å²) in [4.78, 5) is 0. The molecule has 75 valence electrons. The fraction of sp³-hybridized carbons (Fsp3) is 0.462. The first-order valence-electron chi connectivity index (χ1n) is 5.21. The minimum Gasteiger partial charge on any atom is -0.496 e. The Labute approximate surface area is 86.1 Å². The third-order valence-corrected chi connectivity index (χ3v) is 2.83. The van der Waals surface area contributed by atoms with E-state index < -0.39 is 0 Å². The molecule has 0 amide bonds. The molecule has 0 atom stereocenters. The van der Waals surface area contributed by atoms with Gasteiger partial charge in [0, 0.05) is 0 Å². The summed E-state index contributed by atoms with van der Waals surface area (Å²) in [6, 6.07) is 6.58. The van der Waals surface area contributed by atoms with Crippen molar-refractivity contribution < 1.29 is 4.74 Å². The van der Waals surface area contributed by atoms with Crippen molar-refractivity contribution in [1.29, 1.82) is 0 Å². The van der Waals surface area contributed by atoms with Crippen LogP contribution in [0.5, 0.6) is 5.75 Å². The number of ether oxygens (including phenoxy) is 1. The quantitative estimate of drug-likeness (QED) is 0.706. The van der Waals surface area contributed by atoms with E-state index in [1.165, 1.54) is 29.9 Å². The van der Waals surface area contributed by atoms with Gasteiger partial charge in [0.25, 0.3) is 0 Å². The molecule has 1 radical (unpaired) electrons. The predicted octanol–water partition coefficient (Wildman–Crippen LogP) is 3.53. The first-order chi connectivity index (χ1) is 6.72.